The first-order valence-electron chi connectivity index (χ1n) is 9.92. The van der Waals surface area contributed by atoms with Crippen LogP contribution in [0.3, 0.4) is 0 Å². The zero-order chi connectivity index (χ0) is 22.0. The van der Waals surface area contributed by atoms with Crippen LogP contribution in [-0.4, -0.2) is 48.6 Å². The van der Waals surface area contributed by atoms with Crippen LogP contribution in [0.2, 0.25) is 0 Å². The second-order valence-electron chi connectivity index (χ2n) is 7.57. The Morgan fingerprint density at radius 3 is 2.48 bits per heavy atom. The van der Waals surface area contributed by atoms with Gasteiger partial charge in [0.25, 0.3) is 0 Å². The van der Waals surface area contributed by atoms with E-state index in [4.69, 9.17) is 4.74 Å². The van der Waals surface area contributed by atoms with Gasteiger partial charge in [0, 0.05) is 25.0 Å². The predicted molar refractivity (Wildman–Crippen MR) is 115 cm³/mol. The first-order valence-corrected chi connectivity index (χ1v) is 9.92. The number of nitrogens with one attached hydrogen (secondary N) is 1. The fourth-order valence-electron chi connectivity index (χ4n) is 3.55. The molecule has 1 aromatic heterocycles. The number of ketones is 2. The van der Waals surface area contributed by atoms with Crippen molar-refractivity contribution >= 4 is 17.3 Å². The van der Waals surface area contributed by atoms with Crippen LogP contribution in [0.5, 0.6) is 5.75 Å². The van der Waals surface area contributed by atoms with Crippen molar-refractivity contribution in [3.63, 3.8) is 0 Å². The standard InChI is InChI=1S/C24H22FN3O3/c1-28(2)11-10-27-18-9-8-17(25)21-22(18)24(30)20-16(23(21)29)12-26-13-19(20)31-14-15-6-4-3-5-7-15/h3-9,12-13,27H,10-11,14H2,1-2H3. The highest BCUT2D eigenvalue weighted by Gasteiger charge is 2.37. The average molecular weight is 419 g/mol. The van der Waals surface area contributed by atoms with Crippen LogP contribution >= 0.6 is 0 Å². The fraction of sp³-hybridized carbons (Fsp3) is 0.208. The summed E-state index contributed by atoms with van der Waals surface area (Å²) in [6.07, 6.45) is 2.70. The van der Waals surface area contributed by atoms with E-state index >= 15 is 0 Å². The molecule has 31 heavy (non-hydrogen) atoms. The van der Waals surface area contributed by atoms with Gasteiger partial charge in [-0.05, 0) is 31.8 Å². The Balaban J connectivity index is 1.72. The lowest BCUT2D eigenvalue weighted by atomic mass is 9.83. The molecule has 0 radical (unpaired) electrons. The molecule has 0 atom stereocenters. The normalized spacial score (nSPS) is 12.5. The lowest BCUT2D eigenvalue weighted by molar-refractivity contribution is 0.0972. The van der Waals surface area contributed by atoms with Crippen LogP contribution in [0.15, 0.2) is 54.9 Å². The minimum absolute atomic E-state index is 0.0343. The predicted octanol–water partition coefficient (Wildman–Crippen LogP) is 3.55. The van der Waals surface area contributed by atoms with E-state index < -0.39 is 17.4 Å². The van der Waals surface area contributed by atoms with Gasteiger partial charge in [-0.15, -0.1) is 0 Å². The van der Waals surface area contributed by atoms with Crippen molar-refractivity contribution in [1.82, 2.24) is 9.88 Å². The van der Waals surface area contributed by atoms with E-state index in [1.807, 2.05) is 49.3 Å². The Kier molecular flexibility index (Phi) is 5.77. The third-order valence-electron chi connectivity index (χ3n) is 5.10. The van der Waals surface area contributed by atoms with Gasteiger partial charge in [0.1, 0.15) is 18.2 Å². The molecule has 1 aliphatic rings. The van der Waals surface area contributed by atoms with Crippen LogP contribution in [-0.2, 0) is 6.61 Å². The molecule has 0 fully saturated rings. The number of anilines is 1. The summed E-state index contributed by atoms with van der Waals surface area (Å²) in [5, 5.41) is 3.15. The molecule has 0 bridgehead atoms. The van der Waals surface area contributed by atoms with Crippen molar-refractivity contribution in [1.29, 1.82) is 0 Å². The number of benzene rings is 2. The number of hydrogen-bond acceptors (Lipinski definition) is 6. The van der Waals surface area contributed by atoms with E-state index in [9.17, 15) is 14.0 Å². The first-order chi connectivity index (χ1) is 15.0. The van der Waals surface area contributed by atoms with Crippen LogP contribution in [0.1, 0.15) is 37.4 Å². The summed E-state index contributed by atoms with van der Waals surface area (Å²) in [4.78, 5) is 32.6. The molecule has 1 heterocycles. The average Bonchev–Trinajstić information content (AvgIpc) is 2.77. The number of rotatable bonds is 7. The summed E-state index contributed by atoms with van der Waals surface area (Å²) in [5.74, 6) is -1.56. The molecule has 0 aliphatic heterocycles. The van der Waals surface area contributed by atoms with E-state index in [2.05, 4.69) is 10.3 Å². The van der Waals surface area contributed by atoms with Gasteiger partial charge in [0.05, 0.1) is 28.5 Å². The molecule has 4 rings (SSSR count). The molecule has 2 aromatic carbocycles. The number of carbonyl (C=O) groups excluding carboxylic acids is 2. The maximum atomic E-state index is 14.6. The summed E-state index contributed by atoms with van der Waals surface area (Å²) >= 11 is 0. The molecule has 1 aliphatic carbocycles. The molecule has 6 nitrogen and oxygen atoms in total. The zero-order valence-corrected chi connectivity index (χ0v) is 17.3. The van der Waals surface area contributed by atoms with Crippen molar-refractivity contribution in [3.05, 3.63) is 88.5 Å². The van der Waals surface area contributed by atoms with Crippen LogP contribution in [0.25, 0.3) is 0 Å². The van der Waals surface area contributed by atoms with Gasteiger partial charge in [-0.25, -0.2) is 4.39 Å². The Morgan fingerprint density at radius 2 is 1.74 bits per heavy atom. The molecular formula is C24H22FN3O3. The number of aromatic nitrogens is 1. The fourth-order valence-corrected chi connectivity index (χ4v) is 3.55. The monoisotopic (exact) mass is 419 g/mol. The highest BCUT2D eigenvalue weighted by molar-refractivity contribution is 6.31. The largest absolute Gasteiger partial charge is 0.486 e. The number of carbonyl (C=O) groups is 2. The van der Waals surface area contributed by atoms with Crippen molar-refractivity contribution in [2.45, 2.75) is 6.61 Å². The van der Waals surface area contributed by atoms with Gasteiger partial charge in [0.2, 0.25) is 5.78 Å². The molecule has 0 saturated heterocycles. The summed E-state index contributed by atoms with van der Waals surface area (Å²) in [6.45, 7) is 1.46. The van der Waals surface area contributed by atoms with Gasteiger partial charge in [-0.1, -0.05) is 30.3 Å². The Bertz CT molecular complexity index is 1150. The lowest BCUT2D eigenvalue weighted by Crippen LogP contribution is -2.26. The molecule has 0 saturated carbocycles. The minimum atomic E-state index is -0.729. The number of likely N-dealkylation sites (N-methyl/N-ethyl adjacent to an activating group) is 1. The number of ether oxygens (including phenoxy) is 1. The Labute approximate surface area is 179 Å². The van der Waals surface area contributed by atoms with Crippen LogP contribution in [0.4, 0.5) is 10.1 Å². The second-order valence-corrected chi connectivity index (χ2v) is 7.57. The SMILES string of the molecule is CN(C)CCNc1ccc(F)c2c1C(=O)c1c(OCc3ccccc3)cncc1C2=O. The topological polar surface area (TPSA) is 71.5 Å². The Morgan fingerprint density at radius 1 is 0.968 bits per heavy atom. The summed E-state index contributed by atoms with van der Waals surface area (Å²) in [6, 6.07) is 12.2. The molecule has 3 aromatic rings. The third-order valence-corrected chi connectivity index (χ3v) is 5.10. The summed E-state index contributed by atoms with van der Waals surface area (Å²) in [5.41, 5.74) is 1.30. The number of pyridine rings is 1. The molecule has 0 amide bonds. The van der Waals surface area contributed by atoms with Gasteiger partial charge in [0.15, 0.2) is 5.78 Å². The molecule has 158 valence electrons. The van der Waals surface area contributed by atoms with Gasteiger partial charge in [-0.3, -0.25) is 14.6 Å². The molecule has 1 N–H and O–H groups in total. The van der Waals surface area contributed by atoms with Crippen molar-refractivity contribution in [2.24, 2.45) is 0 Å². The smallest absolute Gasteiger partial charge is 0.200 e. The number of hydrogen-bond donors (Lipinski definition) is 1. The van der Waals surface area contributed by atoms with Crippen molar-refractivity contribution in [2.75, 3.05) is 32.5 Å². The van der Waals surface area contributed by atoms with Crippen molar-refractivity contribution in [3.8, 4) is 5.75 Å². The molecule has 7 heteroatoms. The minimum Gasteiger partial charge on any atom is -0.486 e. The second kappa shape index (κ2) is 8.65. The zero-order valence-electron chi connectivity index (χ0n) is 17.3. The van der Waals surface area contributed by atoms with E-state index in [1.54, 1.807) is 0 Å². The lowest BCUT2D eigenvalue weighted by Gasteiger charge is -2.23. The quantitative estimate of drug-likeness (QED) is 0.494. The van der Waals surface area contributed by atoms with Crippen LogP contribution in [0, 0.1) is 5.82 Å². The maximum absolute atomic E-state index is 14.6. The van der Waals surface area contributed by atoms with E-state index in [1.165, 1.54) is 24.5 Å². The molecular weight excluding hydrogens is 397 g/mol. The van der Waals surface area contributed by atoms with E-state index in [-0.39, 0.29) is 34.6 Å². The highest BCUT2D eigenvalue weighted by Crippen LogP contribution is 2.37. The maximum Gasteiger partial charge on any atom is 0.200 e. The van der Waals surface area contributed by atoms with Gasteiger partial charge in [-0.2, -0.15) is 0 Å². The summed E-state index contributed by atoms with van der Waals surface area (Å²) < 4.78 is 20.5. The summed E-state index contributed by atoms with van der Waals surface area (Å²) in [7, 11) is 3.85. The first kappa shape index (κ1) is 20.7. The van der Waals surface area contributed by atoms with Crippen LogP contribution < -0.4 is 10.1 Å². The van der Waals surface area contributed by atoms with E-state index in [0.29, 0.717) is 18.8 Å². The highest BCUT2D eigenvalue weighted by atomic mass is 19.1. The Hall–Kier alpha value is -3.58. The number of nitrogens with zero attached hydrogens (tertiary/aromatic N) is 2. The van der Waals surface area contributed by atoms with Crippen molar-refractivity contribution < 1.29 is 18.7 Å². The number of fused-ring (bicyclic) bond motifs is 2. The van der Waals surface area contributed by atoms with Gasteiger partial charge >= 0.3 is 0 Å². The molecule has 0 spiro atoms. The van der Waals surface area contributed by atoms with E-state index in [0.717, 1.165) is 5.56 Å². The number of halogens is 1. The molecule has 0 unspecified atom stereocenters. The van der Waals surface area contributed by atoms with Gasteiger partial charge < -0.3 is 15.0 Å². The third kappa shape index (κ3) is 4.04.